The van der Waals surface area contributed by atoms with Crippen molar-refractivity contribution in [2.24, 2.45) is 0 Å². The SMILES string of the molecule is CC(C)c1cnnn1CCCOc1cccc(N)c1. The van der Waals surface area contributed by atoms with E-state index < -0.39 is 0 Å². The monoisotopic (exact) mass is 260 g/mol. The molecule has 5 nitrogen and oxygen atoms in total. The first-order valence-electron chi connectivity index (χ1n) is 6.53. The summed E-state index contributed by atoms with van der Waals surface area (Å²) in [5.41, 5.74) is 7.57. The van der Waals surface area contributed by atoms with E-state index in [1.54, 1.807) is 0 Å². The van der Waals surface area contributed by atoms with Gasteiger partial charge in [0.2, 0.25) is 0 Å². The van der Waals surface area contributed by atoms with E-state index in [4.69, 9.17) is 10.5 Å². The van der Waals surface area contributed by atoms with Gasteiger partial charge in [0, 0.05) is 24.7 Å². The minimum absolute atomic E-state index is 0.435. The van der Waals surface area contributed by atoms with Crippen molar-refractivity contribution in [3.63, 3.8) is 0 Å². The van der Waals surface area contributed by atoms with Crippen LogP contribution in [-0.4, -0.2) is 21.6 Å². The summed E-state index contributed by atoms with van der Waals surface area (Å²) in [4.78, 5) is 0. The van der Waals surface area contributed by atoms with Crippen LogP contribution < -0.4 is 10.5 Å². The fourth-order valence-electron chi connectivity index (χ4n) is 1.90. The van der Waals surface area contributed by atoms with Gasteiger partial charge in [0.1, 0.15) is 5.75 Å². The third-order valence-corrected chi connectivity index (χ3v) is 2.88. The van der Waals surface area contributed by atoms with Gasteiger partial charge in [-0.05, 0) is 18.1 Å². The molecule has 5 heteroatoms. The molecule has 19 heavy (non-hydrogen) atoms. The van der Waals surface area contributed by atoms with Gasteiger partial charge in [0.15, 0.2) is 0 Å². The van der Waals surface area contributed by atoms with E-state index in [0.29, 0.717) is 12.5 Å². The first-order chi connectivity index (χ1) is 9.16. The Kier molecular flexibility index (Phi) is 4.39. The molecule has 1 heterocycles. The van der Waals surface area contributed by atoms with Crippen LogP contribution in [0.3, 0.4) is 0 Å². The van der Waals surface area contributed by atoms with Gasteiger partial charge in [-0.15, -0.1) is 5.10 Å². The summed E-state index contributed by atoms with van der Waals surface area (Å²) >= 11 is 0. The summed E-state index contributed by atoms with van der Waals surface area (Å²) in [5, 5.41) is 8.03. The van der Waals surface area contributed by atoms with Gasteiger partial charge in [-0.2, -0.15) is 0 Å². The summed E-state index contributed by atoms with van der Waals surface area (Å²) in [5.74, 6) is 1.24. The molecular weight excluding hydrogens is 240 g/mol. The number of hydrogen-bond donors (Lipinski definition) is 1. The number of aromatic nitrogens is 3. The second-order valence-electron chi connectivity index (χ2n) is 4.81. The zero-order valence-corrected chi connectivity index (χ0v) is 11.4. The van der Waals surface area contributed by atoms with E-state index in [1.807, 2.05) is 35.1 Å². The van der Waals surface area contributed by atoms with Crippen LogP contribution in [0.1, 0.15) is 31.9 Å². The quantitative estimate of drug-likeness (QED) is 0.640. The van der Waals surface area contributed by atoms with E-state index in [-0.39, 0.29) is 0 Å². The number of anilines is 1. The summed E-state index contributed by atoms with van der Waals surface area (Å²) in [6.07, 6.45) is 2.71. The maximum Gasteiger partial charge on any atom is 0.121 e. The molecule has 0 amide bonds. The highest BCUT2D eigenvalue weighted by atomic mass is 16.5. The molecule has 0 saturated heterocycles. The molecule has 0 fully saturated rings. The van der Waals surface area contributed by atoms with Crippen LogP contribution in [0.4, 0.5) is 5.69 Å². The lowest BCUT2D eigenvalue weighted by Gasteiger charge is -2.09. The van der Waals surface area contributed by atoms with Crippen LogP contribution in [0, 0.1) is 0 Å². The van der Waals surface area contributed by atoms with Crippen LogP contribution >= 0.6 is 0 Å². The topological polar surface area (TPSA) is 66.0 Å². The zero-order chi connectivity index (χ0) is 13.7. The summed E-state index contributed by atoms with van der Waals surface area (Å²) in [6.45, 7) is 5.73. The largest absolute Gasteiger partial charge is 0.493 e. The Bertz CT molecular complexity index is 522. The maximum atomic E-state index is 5.69. The Morgan fingerprint density at radius 3 is 2.95 bits per heavy atom. The first-order valence-corrected chi connectivity index (χ1v) is 6.53. The number of aryl methyl sites for hydroxylation is 1. The average Bonchev–Trinajstić information content (AvgIpc) is 2.83. The Hall–Kier alpha value is -2.04. The van der Waals surface area contributed by atoms with Gasteiger partial charge in [-0.25, -0.2) is 4.68 Å². The molecule has 2 aromatic rings. The number of rotatable bonds is 6. The van der Waals surface area contributed by atoms with Crippen LogP contribution in [-0.2, 0) is 6.54 Å². The summed E-state index contributed by atoms with van der Waals surface area (Å²) < 4.78 is 7.58. The van der Waals surface area contributed by atoms with E-state index in [2.05, 4.69) is 24.2 Å². The van der Waals surface area contributed by atoms with Crippen molar-refractivity contribution in [1.29, 1.82) is 0 Å². The second-order valence-corrected chi connectivity index (χ2v) is 4.81. The van der Waals surface area contributed by atoms with Crippen molar-refractivity contribution in [3.8, 4) is 5.75 Å². The van der Waals surface area contributed by atoms with Gasteiger partial charge in [0.05, 0.1) is 18.5 Å². The van der Waals surface area contributed by atoms with Crippen LogP contribution in [0.2, 0.25) is 0 Å². The summed E-state index contributed by atoms with van der Waals surface area (Å²) in [7, 11) is 0. The second kappa shape index (κ2) is 6.22. The van der Waals surface area contributed by atoms with Crippen LogP contribution in [0.15, 0.2) is 30.5 Å². The van der Waals surface area contributed by atoms with Gasteiger partial charge in [0.25, 0.3) is 0 Å². The Morgan fingerprint density at radius 1 is 1.37 bits per heavy atom. The molecule has 1 aromatic heterocycles. The number of hydrogen-bond acceptors (Lipinski definition) is 4. The first kappa shape index (κ1) is 13.4. The Labute approximate surface area is 113 Å². The van der Waals surface area contributed by atoms with Crippen molar-refractivity contribution < 1.29 is 4.74 Å². The predicted octanol–water partition coefficient (Wildman–Crippen LogP) is 2.45. The standard InChI is InChI=1S/C14H20N4O/c1-11(2)14-10-16-17-18(14)7-4-8-19-13-6-3-5-12(15)9-13/h3,5-6,9-11H,4,7-8,15H2,1-2H3. The van der Waals surface area contributed by atoms with E-state index in [9.17, 15) is 0 Å². The highest BCUT2D eigenvalue weighted by molar-refractivity contribution is 5.43. The fourth-order valence-corrected chi connectivity index (χ4v) is 1.90. The maximum absolute atomic E-state index is 5.69. The molecule has 102 valence electrons. The third-order valence-electron chi connectivity index (χ3n) is 2.88. The van der Waals surface area contributed by atoms with Crippen molar-refractivity contribution in [3.05, 3.63) is 36.2 Å². The Balaban J connectivity index is 1.79. The zero-order valence-electron chi connectivity index (χ0n) is 11.4. The van der Waals surface area contributed by atoms with E-state index in [1.165, 1.54) is 0 Å². The van der Waals surface area contributed by atoms with Crippen molar-refractivity contribution in [1.82, 2.24) is 15.0 Å². The number of nitrogen functional groups attached to an aromatic ring is 1. The van der Waals surface area contributed by atoms with E-state index >= 15 is 0 Å². The third kappa shape index (κ3) is 3.71. The van der Waals surface area contributed by atoms with Crippen molar-refractivity contribution in [2.45, 2.75) is 32.7 Å². The molecule has 0 radical (unpaired) electrons. The smallest absolute Gasteiger partial charge is 0.121 e. The molecule has 0 unspecified atom stereocenters. The number of ether oxygens (including phenoxy) is 1. The lowest BCUT2D eigenvalue weighted by Crippen LogP contribution is -2.09. The molecule has 2 rings (SSSR count). The molecule has 0 saturated carbocycles. The molecule has 2 N–H and O–H groups in total. The van der Waals surface area contributed by atoms with Crippen molar-refractivity contribution >= 4 is 5.69 Å². The molecule has 1 aromatic carbocycles. The molecular formula is C14H20N4O. The lowest BCUT2D eigenvalue weighted by molar-refractivity contribution is 0.296. The molecule has 0 aliphatic heterocycles. The average molecular weight is 260 g/mol. The van der Waals surface area contributed by atoms with Gasteiger partial charge in [-0.3, -0.25) is 0 Å². The predicted molar refractivity (Wildman–Crippen MR) is 75.1 cm³/mol. The van der Waals surface area contributed by atoms with Gasteiger partial charge >= 0.3 is 0 Å². The normalized spacial score (nSPS) is 10.9. The minimum Gasteiger partial charge on any atom is -0.493 e. The summed E-state index contributed by atoms with van der Waals surface area (Å²) in [6, 6.07) is 7.47. The van der Waals surface area contributed by atoms with Gasteiger partial charge in [-0.1, -0.05) is 25.1 Å². The number of nitrogens with zero attached hydrogens (tertiary/aromatic N) is 3. The molecule has 0 atom stereocenters. The van der Waals surface area contributed by atoms with Gasteiger partial charge < -0.3 is 10.5 Å². The Morgan fingerprint density at radius 2 is 2.21 bits per heavy atom. The highest BCUT2D eigenvalue weighted by Crippen LogP contribution is 2.15. The molecule has 0 bridgehead atoms. The minimum atomic E-state index is 0.435. The highest BCUT2D eigenvalue weighted by Gasteiger charge is 2.07. The lowest BCUT2D eigenvalue weighted by atomic mass is 10.1. The fraction of sp³-hybridized carbons (Fsp3) is 0.429. The molecule has 0 spiro atoms. The molecule has 0 aliphatic rings. The van der Waals surface area contributed by atoms with Crippen molar-refractivity contribution in [2.75, 3.05) is 12.3 Å². The van der Waals surface area contributed by atoms with Crippen LogP contribution in [0.5, 0.6) is 5.75 Å². The van der Waals surface area contributed by atoms with E-state index in [0.717, 1.165) is 30.1 Å². The van der Waals surface area contributed by atoms with Crippen LogP contribution in [0.25, 0.3) is 0 Å². The number of nitrogens with two attached hydrogens (primary N) is 1. The number of benzene rings is 1. The molecule has 0 aliphatic carbocycles.